The maximum absolute atomic E-state index is 12.4. The molecule has 1 unspecified atom stereocenters. The summed E-state index contributed by atoms with van der Waals surface area (Å²) in [6.45, 7) is 2.18. The molecule has 3 aromatic rings. The van der Waals surface area contributed by atoms with Crippen LogP contribution in [0.5, 0.6) is 5.75 Å². The van der Waals surface area contributed by atoms with Gasteiger partial charge in [0, 0.05) is 28.7 Å². The van der Waals surface area contributed by atoms with Crippen LogP contribution in [0.1, 0.15) is 12.6 Å². The lowest BCUT2D eigenvalue weighted by Gasteiger charge is -2.16. The highest BCUT2D eigenvalue weighted by atomic mass is 35.5. The number of anilines is 2. The third kappa shape index (κ3) is 5.72. The minimum absolute atomic E-state index is 0.142. The molecule has 138 valence electrons. The van der Waals surface area contributed by atoms with Gasteiger partial charge in [-0.2, -0.15) is 0 Å². The van der Waals surface area contributed by atoms with Crippen LogP contribution in [0.25, 0.3) is 0 Å². The molecule has 1 aromatic heterocycles. The number of hydrogen-bond acceptors (Lipinski definition) is 4. The summed E-state index contributed by atoms with van der Waals surface area (Å²) in [6, 6.07) is 19.8. The maximum Gasteiger partial charge on any atom is 0.246 e. The first-order valence-corrected chi connectivity index (χ1v) is 8.94. The minimum atomic E-state index is -0.424. The van der Waals surface area contributed by atoms with E-state index in [1.807, 2.05) is 42.5 Å². The quantitative estimate of drug-likeness (QED) is 0.619. The van der Waals surface area contributed by atoms with Crippen molar-refractivity contribution in [3.8, 4) is 5.75 Å². The van der Waals surface area contributed by atoms with Crippen molar-refractivity contribution in [1.29, 1.82) is 0 Å². The first kappa shape index (κ1) is 18.7. The molecule has 0 aliphatic heterocycles. The van der Waals surface area contributed by atoms with E-state index in [4.69, 9.17) is 16.3 Å². The third-order valence-corrected chi connectivity index (χ3v) is 4.09. The average molecular weight is 382 g/mol. The average Bonchev–Trinajstić information content (AvgIpc) is 2.69. The number of hydrogen-bond donors (Lipinski definition) is 2. The second-order valence-electron chi connectivity index (χ2n) is 6.00. The number of nitrogens with one attached hydrogen (secondary N) is 2. The first-order chi connectivity index (χ1) is 13.1. The number of carbonyl (C=O) groups is 1. The zero-order valence-corrected chi connectivity index (χ0v) is 15.6. The predicted molar refractivity (Wildman–Crippen MR) is 108 cm³/mol. The van der Waals surface area contributed by atoms with Crippen LogP contribution in [-0.2, 0) is 11.4 Å². The fraction of sp³-hybridized carbons (Fsp3) is 0.143. The lowest BCUT2D eigenvalue weighted by Crippen LogP contribution is -2.31. The topological polar surface area (TPSA) is 63.2 Å². The summed E-state index contributed by atoms with van der Waals surface area (Å²) in [4.78, 5) is 16.6. The zero-order chi connectivity index (χ0) is 19.1. The lowest BCUT2D eigenvalue weighted by molar-refractivity contribution is -0.116. The Kier molecular flexibility index (Phi) is 6.28. The molecule has 0 bridgehead atoms. The molecule has 5 nitrogen and oxygen atoms in total. The normalized spacial score (nSPS) is 11.5. The molecule has 0 radical (unpaired) electrons. The number of aromatic nitrogens is 1. The molecule has 0 saturated heterocycles. The van der Waals surface area contributed by atoms with Crippen LogP contribution in [0.3, 0.4) is 0 Å². The largest absolute Gasteiger partial charge is 0.487 e. The van der Waals surface area contributed by atoms with Crippen molar-refractivity contribution in [2.45, 2.75) is 19.6 Å². The number of nitrogens with zero attached hydrogens (tertiary/aromatic N) is 1. The van der Waals surface area contributed by atoms with E-state index in [9.17, 15) is 4.79 Å². The Morgan fingerprint density at radius 3 is 2.63 bits per heavy atom. The minimum Gasteiger partial charge on any atom is -0.487 e. The number of benzene rings is 2. The second kappa shape index (κ2) is 9.05. The number of halogens is 1. The molecule has 0 fully saturated rings. The van der Waals surface area contributed by atoms with Gasteiger partial charge in [0.2, 0.25) is 5.91 Å². The van der Waals surface area contributed by atoms with Gasteiger partial charge in [0.1, 0.15) is 18.4 Å². The summed E-state index contributed by atoms with van der Waals surface area (Å²) in [7, 11) is 0. The van der Waals surface area contributed by atoms with Crippen LogP contribution in [0, 0.1) is 0 Å². The molecule has 0 aliphatic rings. The Morgan fingerprint density at radius 2 is 1.89 bits per heavy atom. The standard InChI is InChI=1S/C21H20ClN3O2/c1-15(21(26)25-17-10-8-16(22)9-11-17)24-18-6-4-7-20(13-18)27-14-19-5-2-3-12-23-19/h2-13,15,24H,14H2,1H3,(H,25,26). The SMILES string of the molecule is CC(Nc1cccc(OCc2ccccn2)c1)C(=O)Nc1ccc(Cl)cc1. The zero-order valence-electron chi connectivity index (χ0n) is 14.9. The van der Waals surface area contributed by atoms with Gasteiger partial charge in [-0.25, -0.2) is 0 Å². The predicted octanol–water partition coefficient (Wildman–Crippen LogP) is 4.75. The van der Waals surface area contributed by atoms with E-state index in [1.54, 1.807) is 37.4 Å². The van der Waals surface area contributed by atoms with Gasteiger partial charge in [0.05, 0.1) is 5.69 Å². The molecule has 6 heteroatoms. The summed E-state index contributed by atoms with van der Waals surface area (Å²) in [6.07, 6.45) is 1.73. The molecule has 1 atom stereocenters. The Balaban J connectivity index is 1.56. The molecule has 27 heavy (non-hydrogen) atoms. The van der Waals surface area contributed by atoms with Gasteiger partial charge < -0.3 is 15.4 Å². The van der Waals surface area contributed by atoms with Crippen LogP contribution in [-0.4, -0.2) is 16.9 Å². The van der Waals surface area contributed by atoms with E-state index in [0.29, 0.717) is 23.1 Å². The number of ether oxygens (including phenoxy) is 1. The lowest BCUT2D eigenvalue weighted by atomic mass is 10.2. The van der Waals surface area contributed by atoms with Gasteiger partial charge in [0.15, 0.2) is 0 Å². The molecule has 1 amide bonds. The molecule has 3 rings (SSSR count). The number of amides is 1. The molecule has 2 aromatic carbocycles. The Bertz CT molecular complexity index is 885. The highest BCUT2D eigenvalue weighted by Gasteiger charge is 2.13. The van der Waals surface area contributed by atoms with Crippen molar-refractivity contribution in [2.75, 3.05) is 10.6 Å². The Labute approximate surface area is 163 Å². The summed E-state index contributed by atoms with van der Waals surface area (Å²) < 4.78 is 5.77. The highest BCUT2D eigenvalue weighted by Crippen LogP contribution is 2.20. The van der Waals surface area contributed by atoms with Crippen LogP contribution in [0.4, 0.5) is 11.4 Å². The molecule has 1 heterocycles. The second-order valence-corrected chi connectivity index (χ2v) is 6.44. The van der Waals surface area contributed by atoms with Crippen molar-refractivity contribution < 1.29 is 9.53 Å². The maximum atomic E-state index is 12.4. The fourth-order valence-electron chi connectivity index (χ4n) is 2.42. The van der Waals surface area contributed by atoms with Crippen LogP contribution in [0.2, 0.25) is 5.02 Å². The summed E-state index contributed by atoms with van der Waals surface area (Å²) >= 11 is 5.86. The van der Waals surface area contributed by atoms with E-state index < -0.39 is 6.04 Å². The van der Waals surface area contributed by atoms with Crippen molar-refractivity contribution in [3.63, 3.8) is 0 Å². The van der Waals surface area contributed by atoms with Gasteiger partial charge in [-0.05, 0) is 55.5 Å². The number of carbonyl (C=O) groups excluding carboxylic acids is 1. The van der Waals surface area contributed by atoms with Gasteiger partial charge >= 0.3 is 0 Å². The molecule has 2 N–H and O–H groups in total. The first-order valence-electron chi connectivity index (χ1n) is 8.56. The van der Waals surface area contributed by atoms with E-state index >= 15 is 0 Å². The highest BCUT2D eigenvalue weighted by molar-refractivity contribution is 6.30. The van der Waals surface area contributed by atoms with E-state index in [2.05, 4.69) is 15.6 Å². The molecule has 0 saturated carbocycles. The van der Waals surface area contributed by atoms with Gasteiger partial charge in [0.25, 0.3) is 0 Å². The van der Waals surface area contributed by atoms with Crippen LogP contribution < -0.4 is 15.4 Å². The van der Waals surface area contributed by atoms with Gasteiger partial charge in [-0.15, -0.1) is 0 Å². The van der Waals surface area contributed by atoms with Gasteiger partial charge in [-0.3, -0.25) is 9.78 Å². The van der Waals surface area contributed by atoms with Crippen LogP contribution in [0.15, 0.2) is 72.9 Å². The number of pyridine rings is 1. The van der Waals surface area contributed by atoms with E-state index in [1.165, 1.54) is 0 Å². The Morgan fingerprint density at radius 1 is 1.07 bits per heavy atom. The monoisotopic (exact) mass is 381 g/mol. The smallest absolute Gasteiger partial charge is 0.246 e. The molecular weight excluding hydrogens is 362 g/mol. The summed E-state index contributed by atoms with van der Waals surface area (Å²) in [5, 5.41) is 6.66. The Hall–Kier alpha value is -3.05. The molecule has 0 spiro atoms. The third-order valence-electron chi connectivity index (χ3n) is 3.84. The van der Waals surface area contributed by atoms with E-state index in [-0.39, 0.29) is 5.91 Å². The van der Waals surface area contributed by atoms with Gasteiger partial charge in [-0.1, -0.05) is 23.7 Å². The molecular formula is C21H20ClN3O2. The van der Waals surface area contributed by atoms with Crippen LogP contribution >= 0.6 is 11.6 Å². The molecule has 0 aliphatic carbocycles. The van der Waals surface area contributed by atoms with Crippen molar-refractivity contribution in [1.82, 2.24) is 4.98 Å². The summed E-state index contributed by atoms with van der Waals surface area (Å²) in [5.74, 6) is 0.563. The number of rotatable bonds is 7. The van der Waals surface area contributed by atoms with Crippen molar-refractivity contribution >= 4 is 28.9 Å². The summed E-state index contributed by atoms with van der Waals surface area (Å²) in [5.41, 5.74) is 2.35. The fourth-order valence-corrected chi connectivity index (χ4v) is 2.54. The van der Waals surface area contributed by atoms with E-state index in [0.717, 1.165) is 11.4 Å². The van der Waals surface area contributed by atoms with Crippen molar-refractivity contribution in [3.05, 3.63) is 83.6 Å². The van der Waals surface area contributed by atoms with Crippen molar-refractivity contribution in [2.24, 2.45) is 0 Å².